The Morgan fingerprint density at radius 1 is 1.07 bits per heavy atom. The highest BCUT2D eigenvalue weighted by Crippen LogP contribution is 2.32. The Balaban J connectivity index is 1.78. The van der Waals surface area contributed by atoms with E-state index >= 15 is 0 Å². The lowest BCUT2D eigenvalue weighted by Crippen LogP contribution is -2.03. The van der Waals surface area contributed by atoms with E-state index in [9.17, 15) is 9.18 Å². The van der Waals surface area contributed by atoms with Crippen molar-refractivity contribution in [2.75, 3.05) is 13.7 Å². The van der Waals surface area contributed by atoms with E-state index in [1.54, 1.807) is 38.3 Å². The first kappa shape index (κ1) is 18.8. The van der Waals surface area contributed by atoms with Gasteiger partial charge in [-0.2, -0.15) is 0 Å². The number of benzene rings is 2. The lowest BCUT2D eigenvalue weighted by Gasteiger charge is -2.10. The van der Waals surface area contributed by atoms with Gasteiger partial charge in [0.15, 0.2) is 0 Å². The molecular formula is C23H20FNO4. The molecule has 148 valence electrons. The van der Waals surface area contributed by atoms with Crippen LogP contribution in [-0.2, 0) is 11.3 Å². The van der Waals surface area contributed by atoms with Crippen molar-refractivity contribution >= 4 is 16.9 Å². The monoisotopic (exact) mass is 393 g/mol. The predicted octanol–water partition coefficient (Wildman–Crippen LogP) is 5.27. The summed E-state index contributed by atoms with van der Waals surface area (Å²) in [4.78, 5) is 11.9. The number of rotatable bonds is 6. The van der Waals surface area contributed by atoms with Gasteiger partial charge < -0.3 is 18.5 Å². The summed E-state index contributed by atoms with van der Waals surface area (Å²) in [6.07, 6.45) is 0. The minimum atomic E-state index is -0.486. The molecular weight excluding hydrogens is 373 g/mol. The maximum absolute atomic E-state index is 13.4. The summed E-state index contributed by atoms with van der Waals surface area (Å²) in [5, 5.41) is 0.987. The van der Waals surface area contributed by atoms with Gasteiger partial charge in [0.1, 0.15) is 17.3 Å². The van der Waals surface area contributed by atoms with Gasteiger partial charge in [-0.1, -0.05) is 0 Å². The Kier molecular flexibility index (Phi) is 5.08. The molecule has 0 aliphatic carbocycles. The highest BCUT2D eigenvalue weighted by Gasteiger charge is 2.16. The third kappa shape index (κ3) is 3.74. The topological polar surface area (TPSA) is 53.6 Å². The van der Waals surface area contributed by atoms with Crippen molar-refractivity contribution in [1.29, 1.82) is 0 Å². The summed E-state index contributed by atoms with van der Waals surface area (Å²) in [5.41, 5.74) is 2.75. The Labute approximate surface area is 167 Å². The molecule has 0 N–H and O–H groups in total. The minimum absolute atomic E-state index is 0.170. The zero-order chi connectivity index (χ0) is 20.4. The molecule has 4 rings (SSSR count). The molecule has 6 heteroatoms. The van der Waals surface area contributed by atoms with E-state index in [2.05, 4.69) is 4.57 Å². The van der Waals surface area contributed by atoms with Crippen molar-refractivity contribution in [2.24, 2.45) is 0 Å². The number of ether oxygens (including phenoxy) is 2. The van der Waals surface area contributed by atoms with E-state index in [-0.39, 0.29) is 18.2 Å². The average Bonchev–Trinajstić information content (AvgIpc) is 3.34. The average molecular weight is 393 g/mol. The van der Waals surface area contributed by atoms with Gasteiger partial charge in [-0.25, -0.2) is 9.18 Å². The van der Waals surface area contributed by atoms with Crippen molar-refractivity contribution in [2.45, 2.75) is 13.5 Å². The van der Waals surface area contributed by atoms with Gasteiger partial charge in [-0.3, -0.25) is 0 Å². The molecule has 0 aliphatic heterocycles. The Hall–Kier alpha value is -3.54. The van der Waals surface area contributed by atoms with Crippen molar-refractivity contribution in [1.82, 2.24) is 4.57 Å². The molecule has 2 aromatic carbocycles. The number of methoxy groups -OCH3 is 1. The number of aromatic nitrogens is 1. The fraction of sp³-hybridized carbons (Fsp3) is 0.174. The number of carbonyl (C=O) groups is 1. The van der Waals surface area contributed by atoms with Gasteiger partial charge in [-0.05, 0) is 73.2 Å². The van der Waals surface area contributed by atoms with Crippen LogP contribution in [0.2, 0.25) is 0 Å². The zero-order valence-corrected chi connectivity index (χ0v) is 16.1. The number of furan rings is 1. The van der Waals surface area contributed by atoms with Gasteiger partial charge in [0, 0.05) is 16.6 Å². The summed E-state index contributed by atoms with van der Waals surface area (Å²) < 4.78 is 31.5. The highest BCUT2D eigenvalue weighted by molar-refractivity contribution is 5.88. The molecule has 0 atom stereocenters. The lowest BCUT2D eigenvalue weighted by molar-refractivity contribution is 0.0488. The third-order valence-electron chi connectivity index (χ3n) is 4.70. The third-order valence-corrected chi connectivity index (χ3v) is 4.70. The summed E-state index contributed by atoms with van der Waals surface area (Å²) in [7, 11) is 1.62. The summed E-state index contributed by atoms with van der Waals surface area (Å²) in [6.45, 7) is 2.44. The second kappa shape index (κ2) is 7.83. The number of nitrogens with zero attached hydrogens (tertiary/aromatic N) is 1. The van der Waals surface area contributed by atoms with E-state index in [1.165, 1.54) is 12.1 Å². The normalized spacial score (nSPS) is 11.0. The van der Waals surface area contributed by atoms with Crippen molar-refractivity contribution < 1.29 is 23.1 Å². The second-order valence-electron chi connectivity index (χ2n) is 6.53. The number of hydrogen-bond donors (Lipinski definition) is 0. The van der Waals surface area contributed by atoms with E-state index in [0.29, 0.717) is 12.3 Å². The van der Waals surface area contributed by atoms with Crippen LogP contribution in [0.25, 0.3) is 22.2 Å². The van der Waals surface area contributed by atoms with Crippen LogP contribution in [0.5, 0.6) is 5.75 Å². The smallest absolute Gasteiger partial charge is 0.374 e. The van der Waals surface area contributed by atoms with Crippen LogP contribution >= 0.6 is 0 Å². The molecule has 0 spiro atoms. The standard InChI is InChI=1S/C23H20FNO4/c1-3-28-23(26)22-11-9-19(29-22)14-25-20-10-8-18(27-2)12-16(20)13-21(25)15-4-6-17(24)7-5-15/h4-13H,3,14H2,1-2H3. The first-order valence-electron chi connectivity index (χ1n) is 9.28. The van der Waals surface area contributed by atoms with E-state index in [1.807, 2.05) is 24.3 Å². The SMILES string of the molecule is CCOC(=O)c1ccc(Cn2c(-c3ccc(F)cc3)cc3cc(OC)ccc32)o1. The number of carbonyl (C=O) groups excluding carboxylic acids is 1. The van der Waals surface area contributed by atoms with Crippen molar-refractivity contribution in [3.8, 4) is 17.0 Å². The molecule has 2 heterocycles. The molecule has 0 fully saturated rings. The minimum Gasteiger partial charge on any atom is -0.497 e. The fourth-order valence-electron chi connectivity index (χ4n) is 3.34. The van der Waals surface area contributed by atoms with Crippen LogP contribution < -0.4 is 4.74 Å². The quantitative estimate of drug-likeness (QED) is 0.419. The molecule has 0 amide bonds. The Bertz CT molecular complexity index is 1160. The largest absolute Gasteiger partial charge is 0.497 e. The second-order valence-corrected chi connectivity index (χ2v) is 6.53. The Morgan fingerprint density at radius 3 is 2.59 bits per heavy atom. The lowest BCUT2D eigenvalue weighted by atomic mass is 10.1. The van der Waals surface area contributed by atoms with Gasteiger partial charge in [0.25, 0.3) is 0 Å². The molecule has 0 saturated heterocycles. The number of hydrogen-bond acceptors (Lipinski definition) is 4. The van der Waals surface area contributed by atoms with Crippen LogP contribution in [0, 0.1) is 5.82 Å². The number of halogens is 1. The van der Waals surface area contributed by atoms with Crippen molar-refractivity contribution in [3.63, 3.8) is 0 Å². The molecule has 0 radical (unpaired) electrons. The molecule has 0 aliphatic rings. The summed E-state index contributed by atoms with van der Waals surface area (Å²) in [6, 6.07) is 17.6. The van der Waals surface area contributed by atoms with Crippen molar-refractivity contribution in [3.05, 3.63) is 78.0 Å². The summed E-state index contributed by atoms with van der Waals surface area (Å²) >= 11 is 0. The summed E-state index contributed by atoms with van der Waals surface area (Å²) in [5.74, 6) is 0.763. The molecule has 0 unspecified atom stereocenters. The maximum Gasteiger partial charge on any atom is 0.374 e. The first-order chi connectivity index (χ1) is 14.1. The number of esters is 1. The van der Waals surface area contributed by atoms with Gasteiger partial charge in [0.2, 0.25) is 5.76 Å². The van der Waals surface area contributed by atoms with Crippen LogP contribution in [-0.4, -0.2) is 24.3 Å². The van der Waals surface area contributed by atoms with Crippen LogP contribution in [0.15, 0.2) is 65.1 Å². The van der Waals surface area contributed by atoms with Crippen LogP contribution in [0.4, 0.5) is 4.39 Å². The van der Waals surface area contributed by atoms with E-state index in [4.69, 9.17) is 13.9 Å². The maximum atomic E-state index is 13.4. The van der Waals surface area contributed by atoms with Crippen LogP contribution in [0.3, 0.4) is 0 Å². The number of fused-ring (bicyclic) bond motifs is 1. The molecule has 0 bridgehead atoms. The fourth-order valence-corrected chi connectivity index (χ4v) is 3.34. The molecule has 2 aromatic heterocycles. The van der Waals surface area contributed by atoms with Gasteiger partial charge in [0.05, 0.1) is 20.3 Å². The highest BCUT2D eigenvalue weighted by atomic mass is 19.1. The van der Waals surface area contributed by atoms with E-state index in [0.717, 1.165) is 27.9 Å². The molecule has 5 nitrogen and oxygen atoms in total. The Morgan fingerprint density at radius 2 is 1.86 bits per heavy atom. The zero-order valence-electron chi connectivity index (χ0n) is 16.1. The van der Waals surface area contributed by atoms with Gasteiger partial charge >= 0.3 is 5.97 Å². The molecule has 0 saturated carbocycles. The molecule has 29 heavy (non-hydrogen) atoms. The van der Waals surface area contributed by atoms with E-state index < -0.39 is 5.97 Å². The van der Waals surface area contributed by atoms with Gasteiger partial charge in [-0.15, -0.1) is 0 Å². The predicted molar refractivity (Wildman–Crippen MR) is 108 cm³/mol. The molecule has 4 aromatic rings. The first-order valence-corrected chi connectivity index (χ1v) is 9.28. The van der Waals surface area contributed by atoms with Crippen LogP contribution in [0.1, 0.15) is 23.2 Å².